The lowest BCUT2D eigenvalue weighted by Gasteiger charge is -2.51. The molecule has 4 rings (SSSR count). The minimum Gasteiger partial charge on any atom is -0.459 e. The van der Waals surface area contributed by atoms with Gasteiger partial charge in [0.1, 0.15) is 30.0 Å². The van der Waals surface area contributed by atoms with E-state index in [4.69, 9.17) is 46.7 Å². The van der Waals surface area contributed by atoms with E-state index in [-0.39, 0.29) is 37.5 Å². The monoisotopic (exact) mass is 906 g/mol. The average molecular weight is 906 g/mol. The van der Waals surface area contributed by atoms with Crippen molar-refractivity contribution in [1.29, 1.82) is 0 Å². The molecule has 0 aromatic heterocycles. The molecule has 4 aliphatic rings. The van der Waals surface area contributed by atoms with Crippen LogP contribution in [0.1, 0.15) is 94.9 Å². The van der Waals surface area contributed by atoms with Gasteiger partial charge in [-0.3, -0.25) is 4.79 Å². The molecule has 61 heavy (non-hydrogen) atoms. The highest BCUT2D eigenvalue weighted by Crippen LogP contribution is 2.44. The van der Waals surface area contributed by atoms with E-state index in [2.05, 4.69) is 44.2 Å². The van der Waals surface area contributed by atoms with Crippen molar-refractivity contribution in [2.45, 2.75) is 225 Å². The molecule has 2 N–H and O–H groups in total. The largest absolute Gasteiger partial charge is 0.508 e. The lowest BCUT2D eigenvalue weighted by molar-refractivity contribution is -0.316. The van der Waals surface area contributed by atoms with Gasteiger partial charge in [-0.2, -0.15) is 0 Å². The SMILES string of the molecule is CC[C@H]1OC(=O)[C@H](C)[C@@H](OC2C[C@@](C)(OC)[C@@H](O[Si](C)(C)C)[C@H](C)O2)[C@H](C)[C@@H](OC2O[C@H](C)C[C@H](N(C)C)[C@H]2O[Si](C)(C)C)[C@@](C)(O)C[C@@H](C)[C@@H]2OC(=O)O[C@H]([C@H]2C)[C@]1(C)O. The molecule has 4 fully saturated rings. The first-order valence-electron chi connectivity index (χ1n) is 22.6. The zero-order chi connectivity index (χ0) is 46.4. The number of carbonyl (C=O) groups is 2. The smallest absolute Gasteiger partial charge is 0.459 e. The van der Waals surface area contributed by atoms with E-state index in [1.807, 2.05) is 55.6 Å². The van der Waals surface area contributed by atoms with E-state index >= 15 is 0 Å². The van der Waals surface area contributed by atoms with E-state index in [1.165, 1.54) is 6.92 Å². The van der Waals surface area contributed by atoms with Crippen molar-refractivity contribution in [2.24, 2.45) is 23.7 Å². The van der Waals surface area contributed by atoms with Gasteiger partial charge in [-0.15, -0.1) is 0 Å². The van der Waals surface area contributed by atoms with Crippen molar-refractivity contribution in [3.8, 4) is 0 Å². The predicted octanol–water partition coefficient (Wildman–Crippen LogP) is 6.48. The number of carbonyl (C=O) groups excluding carboxylic acids is 2. The summed E-state index contributed by atoms with van der Waals surface area (Å²) in [6.45, 7) is 31.0. The molecule has 2 bridgehead atoms. The Morgan fingerprint density at radius 1 is 0.787 bits per heavy atom. The Labute approximate surface area is 368 Å². The molecule has 0 amide bonds. The Kier molecular flexibility index (Phi) is 16.9. The fourth-order valence-electron chi connectivity index (χ4n) is 10.4. The standard InChI is InChI=1S/C44H83NO14Si2/c1-20-31-44(10,49)37-26(4)33(55-41(47)57-37)24(2)22-42(8,48)36(56-40-35(58-60(14,15)16)30(45(11)12)21-25(3)51-40)27(5)34(28(6)39(46)53-31)54-32-23-43(9,50-13)38(29(7)52-32)59-61(17,18)19/h24-38,40,48-49H,20-23H2,1-19H3/t24-,25-,26+,27+,28-,29+,30+,31-,32?,33+,34+,35-,36-,37-,38+,40?,42+,43-,44-/m1/s1. The highest BCUT2D eigenvalue weighted by Gasteiger charge is 2.57. The predicted molar refractivity (Wildman–Crippen MR) is 235 cm³/mol. The number of aliphatic hydroxyl groups is 2. The van der Waals surface area contributed by atoms with E-state index < -0.39 is 125 Å². The van der Waals surface area contributed by atoms with Crippen molar-refractivity contribution < 1.29 is 66.5 Å². The number of methoxy groups -OCH3 is 1. The van der Waals surface area contributed by atoms with Crippen molar-refractivity contribution in [3.05, 3.63) is 0 Å². The Morgan fingerprint density at radius 2 is 1.39 bits per heavy atom. The molecule has 0 aromatic rings. The summed E-state index contributed by atoms with van der Waals surface area (Å²) >= 11 is 0. The number of fused-ring (bicyclic) bond motifs is 2. The Bertz CT molecular complexity index is 1470. The molecule has 15 nitrogen and oxygen atoms in total. The van der Waals surface area contributed by atoms with Crippen molar-refractivity contribution in [1.82, 2.24) is 4.90 Å². The lowest BCUT2D eigenvalue weighted by Crippen LogP contribution is -2.63. The first-order valence-corrected chi connectivity index (χ1v) is 29.4. The van der Waals surface area contributed by atoms with Crippen LogP contribution in [0, 0.1) is 23.7 Å². The summed E-state index contributed by atoms with van der Waals surface area (Å²) in [5, 5.41) is 25.2. The lowest BCUT2D eigenvalue weighted by atomic mass is 9.73. The molecule has 4 aliphatic heterocycles. The van der Waals surface area contributed by atoms with Crippen molar-refractivity contribution >= 4 is 28.8 Å². The van der Waals surface area contributed by atoms with E-state index in [0.29, 0.717) is 6.42 Å². The Morgan fingerprint density at radius 3 is 1.93 bits per heavy atom. The molecule has 0 spiro atoms. The first-order chi connectivity index (χ1) is 27.9. The quantitative estimate of drug-likeness (QED) is 0.171. The van der Waals surface area contributed by atoms with Gasteiger partial charge in [0.15, 0.2) is 29.2 Å². The Balaban J connectivity index is 1.89. The van der Waals surface area contributed by atoms with Gasteiger partial charge in [-0.25, -0.2) is 4.79 Å². The maximum Gasteiger partial charge on any atom is 0.508 e. The third-order valence-corrected chi connectivity index (χ3v) is 15.3. The third-order valence-electron chi connectivity index (χ3n) is 13.3. The number of nitrogens with zero attached hydrogens (tertiary/aromatic N) is 1. The van der Waals surface area contributed by atoms with Crippen LogP contribution in [0.15, 0.2) is 0 Å². The fourth-order valence-corrected chi connectivity index (χ4v) is 12.7. The fraction of sp³-hybridized carbons (Fsp3) is 0.955. The van der Waals surface area contributed by atoms with E-state index in [0.717, 1.165) is 0 Å². The van der Waals surface area contributed by atoms with E-state index in [1.54, 1.807) is 27.9 Å². The summed E-state index contributed by atoms with van der Waals surface area (Å²) in [6.07, 6.45) is -7.89. The molecular formula is C44H83NO14Si2. The molecule has 4 saturated heterocycles. The molecule has 0 aliphatic carbocycles. The molecule has 19 atom stereocenters. The summed E-state index contributed by atoms with van der Waals surface area (Å²) in [4.78, 5) is 29.8. The van der Waals surface area contributed by atoms with Crippen molar-refractivity contribution in [2.75, 3.05) is 21.2 Å². The van der Waals surface area contributed by atoms with Gasteiger partial charge >= 0.3 is 12.1 Å². The van der Waals surface area contributed by atoms with Gasteiger partial charge in [0, 0.05) is 31.4 Å². The number of likely N-dealkylation sites (N-methyl/N-ethyl adjacent to an activating group) is 1. The van der Waals surface area contributed by atoms with Gasteiger partial charge < -0.3 is 61.9 Å². The minimum absolute atomic E-state index is 0.0625. The number of hydrogen-bond donors (Lipinski definition) is 2. The van der Waals surface area contributed by atoms with Crippen molar-refractivity contribution in [3.63, 3.8) is 0 Å². The zero-order valence-electron chi connectivity index (χ0n) is 40.8. The molecule has 0 radical (unpaired) electrons. The van der Waals surface area contributed by atoms with Crippen LogP contribution in [0.3, 0.4) is 0 Å². The number of cyclic esters (lactones) is 1. The van der Waals surface area contributed by atoms with Crippen LogP contribution in [0.5, 0.6) is 0 Å². The second-order valence-electron chi connectivity index (χ2n) is 21.6. The second kappa shape index (κ2) is 19.7. The molecule has 17 heteroatoms. The second-order valence-corrected chi connectivity index (χ2v) is 30.5. The summed E-state index contributed by atoms with van der Waals surface area (Å²) < 4.78 is 64.9. The van der Waals surface area contributed by atoms with Crippen LogP contribution < -0.4 is 0 Å². The summed E-state index contributed by atoms with van der Waals surface area (Å²) in [7, 11) is 1.45. The highest BCUT2D eigenvalue weighted by molar-refractivity contribution is 6.70. The number of hydrogen-bond acceptors (Lipinski definition) is 15. The highest BCUT2D eigenvalue weighted by atomic mass is 28.4. The van der Waals surface area contributed by atoms with Crippen LogP contribution in [0.4, 0.5) is 4.79 Å². The maximum atomic E-state index is 14.6. The van der Waals surface area contributed by atoms with Gasteiger partial charge in [-0.05, 0) is 120 Å². The molecule has 0 aromatic carbocycles. The number of rotatable bonds is 11. The normalized spacial score (nSPS) is 46.0. The average Bonchev–Trinajstić information content (AvgIpc) is 3.12. The first kappa shape index (κ1) is 52.4. The third kappa shape index (κ3) is 12.4. The van der Waals surface area contributed by atoms with Gasteiger partial charge in [-0.1, -0.05) is 27.7 Å². The molecule has 4 heterocycles. The van der Waals surface area contributed by atoms with Gasteiger partial charge in [0.05, 0.1) is 47.6 Å². The van der Waals surface area contributed by atoms with Crippen LogP contribution in [0.2, 0.25) is 39.3 Å². The van der Waals surface area contributed by atoms with Crippen LogP contribution in [-0.2, 0) is 51.5 Å². The topological polar surface area (TPSA) is 170 Å². The van der Waals surface area contributed by atoms with Crippen LogP contribution in [-0.4, -0.2) is 155 Å². The molecule has 2 unspecified atom stereocenters. The maximum absolute atomic E-state index is 14.6. The van der Waals surface area contributed by atoms with Gasteiger partial charge in [0.2, 0.25) is 0 Å². The summed E-state index contributed by atoms with van der Waals surface area (Å²) in [5.41, 5.74) is -4.25. The Hall–Kier alpha value is -1.23. The van der Waals surface area contributed by atoms with Crippen LogP contribution >= 0.6 is 0 Å². The van der Waals surface area contributed by atoms with Gasteiger partial charge in [0.25, 0.3) is 0 Å². The summed E-state index contributed by atoms with van der Waals surface area (Å²) in [5.74, 6) is -3.37. The van der Waals surface area contributed by atoms with E-state index in [9.17, 15) is 19.8 Å². The molecule has 0 saturated carbocycles. The molecular weight excluding hydrogens is 823 g/mol. The summed E-state index contributed by atoms with van der Waals surface area (Å²) in [6, 6.07) is -0.0625. The minimum atomic E-state index is -2.19. The zero-order valence-corrected chi connectivity index (χ0v) is 42.8. The number of ether oxygens (including phenoxy) is 8. The number of esters is 1. The van der Waals surface area contributed by atoms with Crippen LogP contribution in [0.25, 0.3) is 0 Å². The molecule has 356 valence electrons.